The summed E-state index contributed by atoms with van der Waals surface area (Å²) in [6, 6.07) is 7.35. The summed E-state index contributed by atoms with van der Waals surface area (Å²) in [6.07, 6.45) is 0.580. The van der Waals surface area contributed by atoms with Gasteiger partial charge in [0.25, 0.3) is 5.91 Å². The van der Waals surface area contributed by atoms with Gasteiger partial charge in [0.05, 0.1) is 6.10 Å². The van der Waals surface area contributed by atoms with E-state index >= 15 is 0 Å². The molecule has 1 rings (SSSR count). The zero-order valence-corrected chi connectivity index (χ0v) is 12.7. The average Bonchev–Trinajstić information content (AvgIpc) is 2.46. The number of carbonyl (C=O) groups is 1. The Morgan fingerprint density at radius 3 is 2.30 bits per heavy atom. The monoisotopic (exact) mass is 279 g/mol. The quantitative estimate of drug-likeness (QED) is 0.807. The van der Waals surface area contributed by atoms with Crippen LogP contribution in [0.5, 0.6) is 5.75 Å². The first-order valence-corrected chi connectivity index (χ1v) is 7.22. The van der Waals surface area contributed by atoms with Crippen LogP contribution in [0.15, 0.2) is 24.3 Å². The second kappa shape index (κ2) is 7.90. The van der Waals surface area contributed by atoms with Crippen LogP contribution in [0, 0.1) is 0 Å². The van der Waals surface area contributed by atoms with Crippen molar-refractivity contribution in [1.82, 2.24) is 5.32 Å². The zero-order chi connectivity index (χ0) is 15.1. The van der Waals surface area contributed by atoms with Crippen molar-refractivity contribution in [3.05, 3.63) is 29.8 Å². The lowest BCUT2D eigenvalue weighted by Crippen LogP contribution is -2.40. The van der Waals surface area contributed by atoms with E-state index in [-0.39, 0.29) is 11.9 Å². The van der Waals surface area contributed by atoms with Crippen LogP contribution in [0.1, 0.15) is 52.2 Å². The Labute approximate surface area is 121 Å². The summed E-state index contributed by atoms with van der Waals surface area (Å²) in [5.74, 6) is 0.515. The van der Waals surface area contributed by atoms with Gasteiger partial charge in [-0.05, 0) is 44.4 Å². The summed E-state index contributed by atoms with van der Waals surface area (Å²) in [4.78, 5) is 11.9. The van der Waals surface area contributed by atoms with E-state index in [0.29, 0.717) is 12.2 Å². The maximum absolute atomic E-state index is 11.9. The van der Waals surface area contributed by atoms with Crippen LogP contribution >= 0.6 is 0 Å². The molecule has 3 unspecified atom stereocenters. The Balaban J connectivity index is 2.57. The highest BCUT2D eigenvalue weighted by Gasteiger charge is 2.16. The van der Waals surface area contributed by atoms with Crippen molar-refractivity contribution in [3.8, 4) is 5.75 Å². The van der Waals surface area contributed by atoms with E-state index in [2.05, 4.69) is 5.32 Å². The van der Waals surface area contributed by atoms with Crippen molar-refractivity contribution in [1.29, 1.82) is 0 Å². The van der Waals surface area contributed by atoms with Crippen molar-refractivity contribution in [2.75, 3.05) is 0 Å². The lowest BCUT2D eigenvalue weighted by Gasteiger charge is -2.18. The van der Waals surface area contributed by atoms with Gasteiger partial charge in [-0.15, -0.1) is 0 Å². The molecule has 0 fully saturated rings. The lowest BCUT2D eigenvalue weighted by atomic mass is 10.1. The number of carbonyl (C=O) groups excluding carboxylic acids is 1. The Bertz CT molecular complexity index is 416. The SMILES string of the molecule is CCC(C)NC(=O)C(C)Oc1ccc(C(O)CC)cc1. The largest absolute Gasteiger partial charge is 0.481 e. The number of benzene rings is 1. The van der Waals surface area contributed by atoms with E-state index in [1.54, 1.807) is 19.1 Å². The molecule has 1 amide bonds. The van der Waals surface area contributed by atoms with Crippen LogP contribution in [0.2, 0.25) is 0 Å². The van der Waals surface area contributed by atoms with Crippen LogP contribution in [0.25, 0.3) is 0 Å². The number of hydrogen-bond acceptors (Lipinski definition) is 3. The first-order valence-electron chi connectivity index (χ1n) is 7.22. The van der Waals surface area contributed by atoms with Gasteiger partial charge in [-0.1, -0.05) is 26.0 Å². The molecule has 0 saturated heterocycles. The summed E-state index contributed by atoms with van der Waals surface area (Å²) in [7, 11) is 0. The second-order valence-corrected chi connectivity index (χ2v) is 5.07. The molecular weight excluding hydrogens is 254 g/mol. The Morgan fingerprint density at radius 2 is 1.80 bits per heavy atom. The standard InChI is InChI=1S/C16H25NO3/c1-5-11(3)17-16(19)12(4)20-14-9-7-13(8-10-14)15(18)6-2/h7-12,15,18H,5-6H2,1-4H3,(H,17,19). The summed E-state index contributed by atoms with van der Waals surface area (Å²) in [5.41, 5.74) is 0.858. The topological polar surface area (TPSA) is 58.6 Å². The predicted octanol–water partition coefficient (Wildman–Crippen LogP) is 2.81. The van der Waals surface area contributed by atoms with Crippen LogP contribution < -0.4 is 10.1 Å². The van der Waals surface area contributed by atoms with Gasteiger partial charge < -0.3 is 15.2 Å². The molecule has 0 heterocycles. The number of rotatable bonds is 7. The van der Waals surface area contributed by atoms with Crippen LogP contribution in [0.3, 0.4) is 0 Å². The van der Waals surface area contributed by atoms with Crippen LogP contribution in [-0.2, 0) is 4.79 Å². The number of aliphatic hydroxyl groups is 1. The van der Waals surface area contributed by atoms with E-state index in [9.17, 15) is 9.90 Å². The highest BCUT2D eigenvalue weighted by molar-refractivity contribution is 5.80. The Morgan fingerprint density at radius 1 is 1.20 bits per heavy atom. The Hall–Kier alpha value is -1.55. The van der Waals surface area contributed by atoms with Gasteiger partial charge in [-0.3, -0.25) is 4.79 Å². The molecule has 1 aromatic carbocycles. The molecule has 2 N–H and O–H groups in total. The van der Waals surface area contributed by atoms with Gasteiger partial charge >= 0.3 is 0 Å². The summed E-state index contributed by atoms with van der Waals surface area (Å²) < 4.78 is 5.60. The molecule has 4 nitrogen and oxygen atoms in total. The molecule has 0 saturated carbocycles. The average molecular weight is 279 g/mol. The third-order valence-electron chi connectivity index (χ3n) is 3.33. The number of nitrogens with one attached hydrogen (secondary N) is 1. The highest BCUT2D eigenvalue weighted by atomic mass is 16.5. The lowest BCUT2D eigenvalue weighted by molar-refractivity contribution is -0.127. The molecule has 3 atom stereocenters. The third kappa shape index (κ3) is 4.85. The third-order valence-corrected chi connectivity index (χ3v) is 3.33. The molecule has 0 aliphatic rings. The molecule has 0 radical (unpaired) electrons. The smallest absolute Gasteiger partial charge is 0.260 e. The fourth-order valence-corrected chi connectivity index (χ4v) is 1.72. The molecule has 0 bridgehead atoms. The van der Waals surface area contributed by atoms with Crippen LogP contribution in [0.4, 0.5) is 0 Å². The molecule has 20 heavy (non-hydrogen) atoms. The van der Waals surface area contributed by atoms with E-state index in [4.69, 9.17) is 4.74 Å². The van der Waals surface area contributed by atoms with E-state index in [1.807, 2.05) is 32.9 Å². The minimum absolute atomic E-state index is 0.114. The first kappa shape index (κ1) is 16.5. The molecule has 1 aromatic rings. The van der Waals surface area contributed by atoms with Gasteiger partial charge in [0.15, 0.2) is 6.10 Å². The van der Waals surface area contributed by atoms with Gasteiger partial charge in [0, 0.05) is 6.04 Å². The number of amides is 1. The van der Waals surface area contributed by atoms with E-state index < -0.39 is 12.2 Å². The molecular formula is C16H25NO3. The maximum Gasteiger partial charge on any atom is 0.260 e. The summed E-state index contributed by atoms with van der Waals surface area (Å²) in [6.45, 7) is 7.64. The summed E-state index contributed by atoms with van der Waals surface area (Å²) in [5, 5.41) is 12.6. The molecule has 0 spiro atoms. The molecule has 0 aliphatic heterocycles. The highest BCUT2D eigenvalue weighted by Crippen LogP contribution is 2.20. The van der Waals surface area contributed by atoms with Gasteiger partial charge in [0.1, 0.15) is 5.75 Å². The molecule has 4 heteroatoms. The summed E-state index contributed by atoms with van der Waals surface area (Å²) >= 11 is 0. The normalized spacial score (nSPS) is 15.2. The first-order chi connectivity index (χ1) is 9.47. The molecule has 112 valence electrons. The molecule has 0 aliphatic carbocycles. The van der Waals surface area contributed by atoms with Crippen molar-refractivity contribution < 1.29 is 14.6 Å². The van der Waals surface area contributed by atoms with Gasteiger partial charge in [-0.2, -0.15) is 0 Å². The minimum Gasteiger partial charge on any atom is -0.481 e. The van der Waals surface area contributed by atoms with Crippen molar-refractivity contribution >= 4 is 5.91 Å². The van der Waals surface area contributed by atoms with Gasteiger partial charge in [-0.25, -0.2) is 0 Å². The van der Waals surface area contributed by atoms with Crippen molar-refractivity contribution in [2.45, 2.75) is 58.8 Å². The predicted molar refractivity (Wildman–Crippen MR) is 79.7 cm³/mol. The Kier molecular flexibility index (Phi) is 6.52. The minimum atomic E-state index is -0.536. The van der Waals surface area contributed by atoms with Crippen molar-refractivity contribution in [3.63, 3.8) is 0 Å². The van der Waals surface area contributed by atoms with Crippen LogP contribution in [-0.4, -0.2) is 23.2 Å². The van der Waals surface area contributed by atoms with Crippen molar-refractivity contribution in [2.24, 2.45) is 0 Å². The number of aliphatic hydroxyl groups excluding tert-OH is 1. The maximum atomic E-state index is 11.9. The fraction of sp³-hybridized carbons (Fsp3) is 0.562. The molecule has 0 aromatic heterocycles. The number of ether oxygens (including phenoxy) is 1. The van der Waals surface area contributed by atoms with E-state index in [0.717, 1.165) is 12.0 Å². The van der Waals surface area contributed by atoms with E-state index in [1.165, 1.54) is 0 Å². The van der Waals surface area contributed by atoms with Gasteiger partial charge in [0.2, 0.25) is 0 Å². The fourth-order valence-electron chi connectivity index (χ4n) is 1.72. The zero-order valence-electron chi connectivity index (χ0n) is 12.7. The second-order valence-electron chi connectivity index (χ2n) is 5.07. The number of hydrogen-bond donors (Lipinski definition) is 2.